The quantitative estimate of drug-likeness (QED) is 0.804. The van der Waals surface area contributed by atoms with Crippen molar-refractivity contribution in [3.8, 4) is 5.75 Å². The highest BCUT2D eigenvalue weighted by Crippen LogP contribution is 2.47. The van der Waals surface area contributed by atoms with Gasteiger partial charge in [-0.3, -0.25) is 9.59 Å². The van der Waals surface area contributed by atoms with Crippen molar-refractivity contribution in [2.24, 2.45) is 5.41 Å². The van der Waals surface area contributed by atoms with Gasteiger partial charge in [0.25, 0.3) is 0 Å². The fraction of sp³-hybridized carbons (Fsp3) is 0.467. The summed E-state index contributed by atoms with van der Waals surface area (Å²) in [6, 6.07) is 7.65. The lowest BCUT2D eigenvalue weighted by Gasteiger charge is -2.21. The van der Waals surface area contributed by atoms with Gasteiger partial charge in [-0.25, -0.2) is 0 Å². The number of benzene rings is 1. The number of amides is 1. The van der Waals surface area contributed by atoms with E-state index in [-0.39, 0.29) is 5.91 Å². The molecule has 1 saturated carbocycles. The van der Waals surface area contributed by atoms with Crippen LogP contribution in [0, 0.1) is 12.3 Å². The molecular formula is C15H19NO4. The minimum Gasteiger partial charge on any atom is -0.492 e. The van der Waals surface area contributed by atoms with Gasteiger partial charge in [0.1, 0.15) is 17.8 Å². The topological polar surface area (TPSA) is 66.8 Å². The van der Waals surface area contributed by atoms with Crippen molar-refractivity contribution in [1.82, 2.24) is 4.90 Å². The number of aryl methyl sites for hydroxylation is 1. The molecule has 1 N–H and O–H groups in total. The van der Waals surface area contributed by atoms with E-state index in [2.05, 4.69) is 0 Å². The van der Waals surface area contributed by atoms with Crippen molar-refractivity contribution in [3.63, 3.8) is 0 Å². The maximum absolute atomic E-state index is 12.0. The van der Waals surface area contributed by atoms with Crippen molar-refractivity contribution in [3.05, 3.63) is 29.8 Å². The van der Waals surface area contributed by atoms with E-state index < -0.39 is 11.4 Å². The number of aliphatic carboxylic acids is 1. The molecule has 0 unspecified atom stereocenters. The Morgan fingerprint density at radius 3 is 2.40 bits per heavy atom. The third-order valence-corrected chi connectivity index (χ3v) is 3.63. The summed E-state index contributed by atoms with van der Waals surface area (Å²) < 4.78 is 5.53. The van der Waals surface area contributed by atoms with Crippen LogP contribution in [0.1, 0.15) is 18.4 Å². The Morgan fingerprint density at radius 1 is 1.30 bits per heavy atom. The zero-order valence-corrected chi connectivity index (χ0v) is 11.8. The summed E-state index contributed by atoms with van der Waals surface area (Å²) in [5, 5.41) is 9.07. The smallest absolute Gasteiger partial charge is 0.319 e. The number of nitrogens with zero attached hydrogens (tertiary/aromatic N) is 1. The van der Waals surface area contributed by atoms with E-state index in [1.807, 2.05) is 31.2 Å². The molecule has 1 aromatic rings. The molecule has 5 heteroatoms. The Morgan fingerprint density at radius 2 is 1.90 bits per heavy atom. The lowest BCUT2D eigenvalue weighted by atomic mass is 10.1. The summed E-state index contributed by atoms with van der Waals surface area (Å²) in [6.45, 7) is 2.72. The van der Waals surface area contributed by atoms with Gasteiger partial charge in [-0.2, -0.15) is 0 Å². The molecule has 1 aromatic carbocycles. The predicted octanol–water partition coefficient (Wildman–Crippen LogP) is 1.70. The van der Waals surface area contributed by atoms with Gasteiger partial charge in [0.05, 0.1) is 6.54 Å². The summed E-state index contributed by atoms with van der Waals surface area (Å²) in [4.78, 5) is 24.6. The molecule has 5 nitrogen and oxygen atoms in total. The third-order valence-electron chi connectivity index (χ3n) is 3.63. The van der Waals surface area contributed by atoms with E-state index in [0.717, 1.165) is 11.3 Å². The van der Waals surface area contributed by atoms with Gasteiger partial charge in [-0.1, -0.05) is 17.7 Å². The number of likely N-dealkylation sites (N-methyl/N-ethyl adjacent to an activating group) is 1. The number of ether oxygens (including phenoxy) is 1. The monoisotopic (exact) mass is 277 g/mol. The average molecular weight is 277 g/mol. The molecule has 108 valence electrons. The molecule has 1 amide bonds. The van der Waals surface area contributed by atoms with Gasteiger partial charge in [0.15, 0.2) is 0 Å². The molecule has 0 radical (unpaired) electrons. The molecule has 2 rings (SSSR count). The summed E-state index contributed by atoms with van der Waals surface area (Å²) in [5.41, 5.74) is -0.0136. The second-order valence-corrected chi connectivity index (χ2v) is 5.28. The van der Waals surface area contributed by atoms with E-state index in [1.165, 1.54) is 4.90 Å². The first-order valence-corrected chi connectivity index (χ1v) is 6.64. The summed E-state index contributed by atoms with van der Waals surface area (Å²) in [5.74, 6) is -0.595. The van der Waals surface area contributed by atoms with Gasteiger partial charge in [0, 0.05) is 7.05 Å². The number of carboxylic acids is 1. The fourth-order valence-corrected chi connectivity index (χ4v) is 2.05. The molecule has 1 fully saturated rings. The number of carbonyl (C=O) groups is 2. The standard InChI is InChI=1S/C15H19NO4/c1-11-3-5-12(6-4-11)20-10-9-16(2)13(17)15(7-8-15)14(18)19/h3-6H,7-10H2,1-2H3,(H,18,19). The molecule has 0 bridgehead atoms. The molecule has 1 aliphatic carbocycles. The van der Waals surface area contributed by atoms with Crippen LogP contribution in [0.25, 0.3) is 0 Å². The Labute approximate surface area is 118 Å². The van der Waals surface area contributed by atoms with Crippen LogP contribution in [0.5, 0.6) is 5.75 Å². The summed E-state index contributed by atoms with van der Waals surface area (Å²) in [7, 11) is 1.61. The van der Waals surface area contributed by atoms with E-state index in [0.29, 0.717) is 26.0 Å². The zero-order valence-electron chi connectivity index (χ0n) is 11.8. The molecule has 1 aliphatic rings. The molecule has 0 saturated heterocycles. The first kappa shape index (κ1) is 14.4. The van der Waals surface area contributed by atoms with Crippen LogP contribution in [-0.2, 0) is 9.59 Å². The normalized spacial score (nSPS) is 15.5. The van der Waals surface area contributed by atoms with Crippen molar-refractivity contribution >= 4 is 11.9 Å². The van der Waals surface area contributed by atoms with Crippen molar-refractivity contribution < 1.29 is 19.4 Å². The maximum Gasteiger partial charge on any atom is 0.319 e. The molecule has 0 aromatic heterocycles. The lowest BCUT2D eigenvalue weighted by molar-refractivity contribution is -0.153. The van der Waals surface area contributed by atoms with Crippen LogP contribution in [0.4, 0.5) is 0 Å². The second-order valence-electron chi connectivity index (χ2n) is 5.28. The fourth-order valence-electron chi connectivity index (χ4n) is 2.05. The number of hydrogen-bond acceptors (Lipinski definition) is 3. The lowest BCUT2D eigenvalue weighted by Crippen LogP contribution is -2.40. The number of carboxylic acid groups (broad SMARTS) is 1. The van der Waals surface area contributed by atoms with Crippen LogP contribution in [-0.4, -0.2) is 42.1 Å². The van der Waals surface area contributed by atoms with Crippen LogP contribution in [0.15, 0.2) is 24.3 Å². The third kappa shape index (κ3) is 2.92. The predicted molar refractivity (Wildman–Crippen MR) is 73.6 cm³/mol. The van der Waals surface area contributed by atoms with Gasteiger partial charge in [-0.05, 0) is 31.9 Å². The molecule has 20 heavy (non-hydrogen) atoms. The number of hydrogen-bond donors (Lipinski definition) is 1. The van der Waals surface area contributed by atoms with Crippen LogP contribution in [0.2, 0.25) is 0 Å². The van der Waals surface area contributed by atoms with E-state index in [4.69, 9.17) is 9.84 Å². The van der Waals surface area contributed by atoms with Crippen molar-refractivity contribution in [1.29, 1.82) is 0 Å². The van der Waals surface area contributed by atoms with Crippen LogP contribution in [0.3, 0.4) is 0 Å². The first-order chi connectivity index (χ1) is 9.45. The highest BCUT2D eigenvalue weighted by molar-refractivity contribution is 6.04. The Kier molecular flexibility index (Phi) is 3.97. The van der Waals surface area contributed by atoms with Crippen LogP contribution >= 0.6 is 0 Å². The Hall–Kier alpha value is -2.04. The van der Waals surface area contributed by atoms with Crippen molar-refractivity contribution in [2.75, 3.05) is 20.2 Å². The van der Waals surface area contributed by atoms with Gasteiger partial charge < -0.3 is 14.7 Å². The number of rotatable bonds is 6. The second kappa shape index (κ2) is 5.53. The van der Waals surface area contributed by atoms with Gasteiger partial charge in [0.2, 0.25) is 5.91 Å². The minimum absolute atomic E-state index is 0.322. The zero-order chi connectivity index (χ0) is 14.8. The SMILES string of the molecule is Cc1ccc(OCCN(C)C(=O)C2(C(=O)O)CC2)cc1. The molecule has 0 aliphatic heterocycles. The Balaban J connectivity index is 1.81. The molecule has 0 spiro atoms. The van der Waals surface area contributed by atoms with E-state index in [9.17, 15) is 9.59 Å². The highest BCUT2D eigenvalue weighted by atomic mass is 16.5. The molecule has 0 heterocycles. The highest BCUT2D eigenvalue weighted by Gasteiger charge is 2.58. The molecule has 0 atom stereocenters. The van der Waals surface area contributed by atoms with Gasteiger partial charge in [-0.15, -0.1) is 0 Å². The number of carbonyl (C=O) groups excluding carboxylic acids is 1. The molecular weight excluding hydrogens is 258 g/mol. The Bertz CT molecular complexity index is 505. The minimum atomic E-state index is -1.17. The first-order valence-electron chi connectivity index (χ1n) is 6.64. The largest absolute Gasteiger partial charge is 0.492 e. The van der Waals surface area contributed by atoms with E-state index in [1.54, 1.807) is 7.05 Å². The maximum atomic E-state index is 12.0. The summed E-state index contributed by atoms with van der Waals surface area (Å²) >= 11 is 0. The van der Waals surface area contributed by atoms with E-state index >= 15 is 0 Å². The van der Waals surface area contributed by atoms with Crippen molar-refractivity contribution in [2.45, 2.75) is 19.8 Å². The summed E-state index contributed by atoms with van der Waals surface area (Å²) in [6.07, 6.45) is 0.870. The average Bonchev–Trinajstić information content (AvgIpc) is 3.21. The van der Waals surface area contributed by atoms with Crippen LogP contribution < -0.4 is 4.74 Å². The van der Waals surface area contributed by atoms with Gasteiger partial charge >= 0.3 is 5.97 Å².